The van der Waals surface area contributed by atoms with E-state index in [1.54, 1.807) is 25.1 Å². The molecule has 1 N–H and O–H groups in total. The number of carboxylic acids is 1. The van der Waals surface area contributed by atoms with Crippen molar-refractivity contribution in [3.05, 3.63) is 125 Å². The van der Waals surface area contributed by atoms with Gasteiger partial charge >= 0.3 is 18.2 Å². The van der Waals surface area contributed by atoms with Gasteiger partial charge in [-0.25, -0.2) is 4.79 Å². The van der Waals surface area contributed by atoms with Crippen LogP contribution in [0.4, 0.5) is 18.0 Å². The minimum absolute atomic E-state index is 0.163. The van der Waals surface area contributed by atoms with Crippen molar-refractivity contribution in [2.75, 3.05) is 0 Å². The fourth-order valence-corrected chi connectivity index (χ4v) is 5.08. The number of rotatable bonds is 9. The van der Waals surface area contributed by atoms with E-state index in [1.807, 2.05) is 60.7 Å². The van der Waals surface area contributed by atoms with Gasteiger partial charge in [-0.05, 0) is 59.0 Å². The third-order valence-electron chi connectivity index (χ3n) is 7.22. The summed E-state index contributed by atoms with van der Waals surface area (Å²) < 4.78 is 53.3. The summed E-state index contributed by atoms with van der Waals surface area (Å²) >= 11 is 0. The lowest BCUT2D eigenvalue weighted by Crippen LogP contribution is -2.31. The smallest absolute Gasteiger partial charge is 0.416 e. The first kappa shape index (κ1) is 28.7. The van der Waals surface area contributed by atoms with E-state index in [1.165, 1.54) is 11.0 Å². The molecule has 0 aromatic heterocycles. The number of ether oxygens (including phenoxy) is 2. The van der Waals surface area contributed by atoms with Crippen LogP contribution in [0.25, 0.3) is 11.1 Å². The van der Waals surface area contributed by atoms with Crippen LogP contribution < -0.4 is 4.74 Å². The molecule has 0 aliphatic carbocycles. The average Bonchev–Trinajstić information content (AvgIpc) is 3.25. The number of benzene rings is 4. The number of aliphatic carboxylic acids is 1. The monoisotopic (exact) mass is 575 g/mol. The lowest BCUT2D eigenvalue weighted by molar-refractivity contribution is -0.138. The van der Waals surface area contributed by atoms with Crippen LogP contribution >= 0.6 is 0 Å². The number of hydrogen-bond acceptors (Lipinski definition) is 4. The Morgan fingerprint density at radius 2 is 1.60 bits per heavy atom. The van der Waals surface area contributed by atoms with Crippen molar-refractivity contribution in [3.8, 4) is 16.9 Å². The average molecular weight is 576 g/mol. The minimum atomic E-state index is -4.62. The summed E-state index contributed by atoms with van der Waals surface area (Å²) in [6, 6.07) is 26.2. The van der Waals surface area contributed by atoms with Gasteiger partial charge < -0.3 is 14.6 Å². The highest BCUT2D eigenvalue weighted by Crippen LogP contribution is 2.40. The zero-order valence-electron chi connectivity index (χ0n) is 22.7. The summed E-state index contributed by atoms with van der Waals surface area (Å²) in [4.78, 5) is 25.9. The molecule has 0 spiro atoms. The van der Waals surface area contributed by atoms with Crippen LogP contribution in [0.15, 0.2) is 97.1 Å². The van der Waals surface area contributed by atoms with Crippen molar-refractivity contribution >= 4 is 12.1 Å². The maximum Gasteiger partial charge on any atom is 0.416 e. The Balaban J connectivity index is 1.56. The Bertz CT molecular complexity index is 1570. The molecule has 5 rings (SSSR count). The number of carbonyl (C=O) groups excluding carboxylic acids is 1. The van der Waals surface area contributed by atoms with Crippen molar-refractivity contribution < 1.29 is 37.3 Å². The molecule has 216 valence electrons. The molecule has 6 nitrogen and oxygen atoms in total. The lowest BCUT2D eigenvalue weighted by atomic mass is 9.93. The standard InChI is InChI=1S/C33H28F3NO5/c1-21-31(24-10-6-3-7-11-24)42-32(40)37(21)19-25-18-26(33(34,35)36)13-14-27(25)28-16-23(17-30(38)39)12-15-29(28)41-20-22-8-4-2-5-9-22/h2-16,18,21,31H,17,19-20H2,1H3,(H,38,39)/t21-,31-/m0/s1. The third kappa shape index (κ3) is 6.40. The Morgan fingerprint density at radius 1 is 0.905 bits per heavy atom. The van der Waals surface area contributed by atoms with Gasteiger partial charge in [-0.2, -0.15) is 13.2 Å². The zero-order chi connectivity index (χ0) is 29.9. The number of carbonyl (C=O) groups is 2. The number of nitrogens with zero attached hydrogens (tertiary/aromatic N) is 1. The Kier molecular flexibility index (Phi) is 8.20. The summed E-state index contributed by atoms with van der Waals surface area (Å²) in [5.41, 5.74) is 2.28. The van der Waals surface area contributed by atoms with Crippen molar-refractivity contribution in [2.24, 2.45) is 0 Å². The van der Waals surface area contributed by atoms with Gasteiger partial charge in [0.2, 0.25) is 0 Å². The van der Waals surface area contributed by atoms with E-state index < -0.39 is 35.9 Å². The number of alkyl halides is 3. The molecule has 1 saturated heterocycles. The molecule has 42 heavy (non-hydrogen) atoms. The second-order valence-corrected chi connectivity index (χ2v) is 10.1. The van der Waals surface area contributed by atoms with Crippen LogP contribution in [0.2, 0.25) is 0 Å². The molecule has 0 saturated carbocycles. The first-order chi connectivity index (χ1) is 20.1. The summed E-state index contributed by atoms with van der Waals surface area (Å²) in [5.74, 6) is -0.680. The van der Waals surface area contributed by atoms with Gasteiger partial charge in [-0.15, -0.1) is 0 Å². The zero-order valence-corrected chi connectivity index (χ0v) is 22.7. The van der Waals surface area contributed by atoms with Gasteiger partial charge in [0.15, 0.2) is 0 Å². The molecular formula is C33H28F3NO5. The van der Waals surface area contributed by atoms with E-state index in [4.69, 9.17) is 9.47 Å². The van der Waals surface area contributed by atoms with E-state index >= 15 is 0 Å². The number of carboxylic acid groups (broad SMARTS) is 1. The van der Waals surface area contributed by atoms with E-state index in [9.17, 15) is 27.9 Å². The Morgan fingerprint density at radius 3 is 2.26 bits per heavy atom. The highest BCUT2D eigenvalue weighted by Gasteiger charge is 2.40. The largest absolute Gasteiger partial charge is 0.488 e. The van der Waals surface area contributed by atoms with Gasteiger partial charge in [0.25, 0.3) is 0 Å². The van der Waals surface area contributed by atoms with Crippen LogP contribution in [0.1, 0.15) is 40.8 Å². The molecule has 0 unspecified atom stereocenters. The predicted molar refractivity (Wildman–Crippen MR) is 150 cm³/mol. The molecule has 1 amide bonds. The fourth-order valence-electron chi connectivity index (χ4n) is 5.08. The summed E-state index contributed by atoms with van der Waals surface area (Å²) in [5, 5.41) is 9.38. The van der Waals surface area contributed by atoms with Crippen LogP contribution in [-0.2, 0) is 35.3 Å². The van der Waals surface area contributed by atoms with Crippen molar-refractivity contribution in [2.45, 2.75) is 44.8 Å². The van der Waals surface area contributed by atoms with E-state index in [0.717, 1.165) is 23.3 Å². The van der Waals surface area contributed by atoms with Crippen molar-refractivity contribution in [1.29, 1.82) is 0 Å². The van der Waals surface area contributed by atoms with Gasteiger partial charge in [0, 0.05) is 5.56 Å². The van der Waals surface area contributed by atoms with E-state index in [0.29, 0.717) is 22.4 Å². The Hall–Kier alpha value is -4.79. The van der Waals surface area contributed by atoms with Gasteiger partial charge in [0.1, 0.15) is 18.5 Å². The number of halogens is 3. The van der Waals surface area contributed by atoms with Crippen LogP contribution in [0.3, 0.4) is 0 Å². The summed E-state index contributed by atoms with van der Waals surface area (Å²) in [6.07, 6.45) is -6.12. The van der Waals surface area contributed by atoms with Crippen molar-refractivity contribution in [3.63, 3.8) is 0 Å². The maximum atomic E-state index is 13.9. The van der Waals surface area contributed by atoms with Crippen LogP contribution in [0.5, 0.6) is 5.75 Å². The normalized spacial score (nSPS) is 16.8. The highest BCUT2D eigenvalue weighted by molar-refractivity contribution is 5.78. The van der Waals surface area contributed by atoms with E-state index in [-0.39, 0.29) is 25.1 Å². The number of cyclic esters (lactones) is 1. The fraction of sp³-hybridized carbons (Fsp3) is 0.212. The second-order valence-electron chi connectivity index (χ2n) is 10.1. The van der Waals surface area contributed by atoms with Gasteiger partial charge in [-0.3, -0.25) is 9.69 Å². The molecule has 1 heterocycles. The first-order valence-electron chi connectivity index (χ1n) is 13.3. The molecule has 0 radical (unpaired) electrons. The lowest BCUT2D eigenvalue weighted by Gasteiger charge is -2.24. The molecule has 0 bridgehead atoms. The number of hydrogen-bond donors (Lipinski definition) is 1. The highest BCUT2D eigenvalue weighted by atomic mass is 19.4. The second kappa shape index (κ2) is 12.0. The van der Waals surface area contributed by atoms with Gasteiger partial charge in [0.05, 0.1) is 24.6 Å². The van der Waals surface area contributed by atoms with Crippen LogP contribution in [0, 0.1) is 0 Å². The molecule has 1 fully saturated rings. The molecular weight excluding hydrogens is 547 g/mol. The summed E-state index contributed by atoms with van der Waals surface area (Å²) in [6.45, 7) is 1.82. The molecule has 2 atom stereocenters. The van der Waals surface area contributed by atoms with Crippen LogP contribution in [-0.4, -0.2) is 28.1 Å². The summed E-state index contributed by atoms with van der Waals surface area (Å²) in [7, 11) is 0. The number of amides is 1. The quantitative estimate of drug-likeness (QED) is 0.222. The predicted octanol–water partition coefficient (Wildman–Crippen LogP) is 7.66. The molecule has 9 heteroatoms. The SMILES string of the molecule is C[C@H]1[C@@H](c2ccccc2)OC(=O)N1Cc1cc(C(F)(F)F)ccc1-c1cc(CC(=O)O)ccc1OCc1ccccc1. The molecule has 1 aliphatic rings. The van der Waals surface area contributed by atoms with Crippen molar-refractivity contribution in [1.82, 2.24) is 4.90 Å². The third-order valence-corrected chi connectivity index (χ3v) is 7.22. The Labute approximate surface area is 240 Å². The topological polar surface area (TPSA) is 76.1 Å². The van der Waals surface area contributed by atoms with Gasteiger partial charge in [-0.1, -0.05) is 72.8 Å². The van der Waals surface area contributed by atoms with E-state index in [2.05, 4.69) is 0 Å². The molecule has 1 aliphatic heterocycles. The molecule has 4 aromatic rings. The maximum absolute atomic E-state index is 13.9. The molecule has 4 aromatic carbocycles. The first-order valence-corrected chi connectivity index (χ1v) is 13.3. The minimum Gasteiger partial charge on any atom is -0.488 e.